The molecule has 0 aromatic rings. The van der Waals surface area contributed by atoms with Crippen LogP contribution in [0, 0.1) is 0 Å². The van der Waals surface area contributed by atoms with Crippen LogP contribution < -0.4 is 21.7 Å². The largest absolute Gasteiger partial charge is 0.388 e. The third kappa shape index (κ3) is 1.70. The molecule has 0 amide bonds. The Kier molecular flexibility index (Phi) is 3.35. The van der Waals surface area contributed by atoms with E-state index in [0.29, 0.717) is 5.70 Å². The van der Waals surface area contributed by atoms with E-state index in [1.54, 1.807) is 21.1 Å². The fourth-order valence-electron chi connectivity index (χ4n) is 0.624. The number of likely N-dealkylation sites (N-methyl/N-ethyl adjacent to an activating group) is 3. The van der Waals surface area contributed by atoms with Crippen LogP contribution in [0.1, 0.15) is 0 Å². The fraction of sp³-hybridized carbons (Fsp3) is 0.667. The molecule has 0 rings (SSSR count). The normalized spacial score (nSPS) is 11.2. The van der Waals surface area contributed by atoms with Gasteiger partial charge in [0.15, 0.2) is 5.79 Å². The maximum absolute atomic E-state index is 5.77. The average Bonchev–Trinajstić information content (AvgIpc) is 2.01. The third-order valence-corrected chi connectivity index (χ3v) is 1.57. The van der Waals surface area contributed by atoms with Crippen molar-refractivity contribution in [2.75, 3.05) is 21.1 Å². The number of hydrogen-bond acceptors (Lipinski definition) is 4. The first-order chi connectivity index (χ1) is 4.60. The van der Waals surface area contributed by atoms with E-state index in [1.807, 2.05) is 0 Å². The molecule has 0 aromatic heterocycles. The molecule has 0 aromatic carbocycles. The van der Waals surface area contributed by atoms with Crippen molar-refractivity contribution in [3.8, 4) is 0 Å². The Hall–Kier alpha value is -0.580. The Balaban J connectivity index is 4.17. The summed E-state index contributed by atoms with van der Waals surface area (Å²) in [4.78, 5) is 0. The molecule has 5 N–H and O–H groups in total. The lowest BCUT2D eigenvalue weighted by Crippen LogP contribution is -2.64. The molecular weight excluding hydrogens is 128 g/mol. The van der Waals surface area contributed by atoms with Gasteiger partial charge in [0, 0.05) is 7.05 Å². The van der Waals surface area contributed by atoms with Gasteiger partial charge in [0.2, 0.25) is 0 Å². The standard InChI is InChI=1S/C6H16N4/c1-5(8-2)6(7,9-3)10-4/h8-10H,1,7H2,2-4H3. The average molecular weight is 144 g/mol. The summed E-state index contributed by atoms with van der Waals surface area (Å²) in [5.74, 6) is -0.714. The van der Waals surface area contributed by atoms with Crippen LogP contribution in [-0.2, 0) is 0 Å². The van der Waals surface area contributed by atoms with E-state index in [9.17, 15) is 0 Å². The lowest BCUT2D eigenvalue weighted by Gasteiger charge is -2.30. The molecule has 0 saturated carbocycles. The molecule has 0 aliphatic rings. The molecule has 4 heteroatoms. The summed E-state index contributed by atoms with van der Waals surface area (Å²) in [6, 6.07) is 0. The number of nitrogens with one attached hydrogen (secondary N) is 3. The van der Waals surface area contributed by atoms with Crippen LogP contribution in [-0.4, -0.2) is 26.9 Å². The van der Waals surface area contributed by atoms with E-state index in [1.165, 1.54) is 0 Å². The maximum Gasteiger partial charge on any atom is 0.161 e. The molecule has 0 radical (unpaired) electrons. The predicted octanol–water partition coefficient (Wildman–Crippen LogP) is -1.23. The van der Waals surface area contributed by atoms with Crippen molar-refractivity contribution in [1.29, 1.82) is 0 Å². The minimum atomic E-state index is -0.714. The SMILES string of the molecule is C=C(NC)C(N)(NC)NC. The van der Waals surface area contributed by atoms with Gasteiger partial charge in [0.05, 0.1) is 5.70 Å². The minimum absolute atomic E-state index is 0.706. The number of hydrogen-bond donors (Lipinski definition) is 4. The molecule has 4 nitrogen and oxygen atoms in total. The Morgan fingerprint density at radius 3 is 1.80 bits per heavy atom. The van der Waals surface area contributed by atoms with Gasteiger partial charge in [-0.05, 0) is 14.1 Å². The van der Waals surface area contributed by atoms with Crippen molar-refractivity contribution in [1.82, 2.24) is 16.0 Å². The van der Waals surface area contributed by atoms with E-state index in [0.717, 1.165) is 0 Å². The van der Waals surface area contributed by atoms with Crippen LogP contribution in [0.3, 0.4) is 0 Å². The Morgan fingerprint density at radius 2 is 1.70 bits per heavy atom. The molecule has 0 bridgehead atoms. The van der Waals surface area contributed by atoms with Crippen LogP contribution in [0.2, 0.25) is 0 Å². The summed E-state index contributed by atoms with van der Waals surface area (Å²) in [5, 5.41) is 8.63. The molecule has 60 valence electrons. The first-order valence-electron chi connectivity index (χ1n) is 3.14. The highest BCUT2D eigenvalue weighted by atomic mass is 15.3. The number of rotatable bonds is 4. The smallest absolute Gasteiger partial charge is 0.161 e. The van der Waals surface area contributed by atoms with Gasteiger partial charge < -0.3 is 5.32 Å². The van der Waals surface area contributed by atoms with Crippen molar-refractivity contribution in [3.63, 3.8) is 0 Å². The van der Waals surface area contributed by atoms with E-state index in [4.69, 9.17) is 5.73 Å². The summed E-state index contributed by atoms with van der Waals surface area (Å²) >= 11 is 0. The highest BCUT2D eigenvalue weighted by Gasteiger charge is 2.22. The van der Waals surface area contributed by atoms with Gasteiger partial charge in [-0.2, -0.15) is 0 Å². The van der Waals surface area contributed by atoms with Gasteiger partial charge in [0.25, 0.3) is 0 Å². The lowest BCUT2D eigenvalue weighted by atomic mass is 10.3. The topological polar surface area (TPSA) is 62.1 Å². The third-order valence-electron chi connectivity index (χ3n) is 1.57. The zero-order valence-corrected chi connectivity index (χ0v) is 6.78. The molecule has 0 unspecified atom stereocenters. The van der Waals surface area contributed by atoms with Gasteiger partial charge in [0.1, 0.15) is 0 Å². The van der Waals surface area contributed by atoms with Crippen LogP contribution in [0.15, 0.2) is 12.3 Å². The second-order valence-electron chi connectivity index (χ2n) is 2.04. The molecule has 0 heterocycles. The molecule has 0 aliphatic heterocycles. The summed E-state index contributed by atoms with van der Waals surface area (Å²) in [6.45, 7) is 3.73. The molecular formula is C6H16N4. The molecule has 0 spiro atoms. The van der Waals surface area contributed by atoms with Crippen molar-refractivity contribution >= 4 is 0 Å². The van der Waals surface area contributed by atoms with Crippen molar-refractivity contribution in [2.24, 2.45) is 5.73 Å². The van der Waals surface area contributed by atoms with Crippen LogP contribution in [0.5, 0.6) is 0 Å². The summed E-state index contributed by atoms with van der Waals surface area (Å²) < 4.78 is 0. The van der Waals surface area contributed by atoms with Gasteiger partial charge in [-0.3, -0.25) is 16.4 Å². The van der Waals surface area contributed by atoms with Gasteiger partial charge in [-0.25, -0.2) is 0 Å². The second-order valence-corrected chi connectivity index (χ2v) is 2.04. The highest BCUT2D eigenvalue weighted by Crippen LogP contribution is 1.97. The summed E-state index contributed by atoms with van der Waals surface area (Å²) in [5.41, 5.74) is 6.47. The molecule has 0 aliphatic carbocycles. The Labute approximate surface area is 61.9 Å². The minimum Gasteiger partial charge on any atom is -0.388 e. The monoisotopic (exact) mass is 144 g/mol. The van der Waals surface area contributed by atoms with Gasteiger partial charge >= 0.3 is 0 Å². The fourth-order valence-corrected chi connectivity index (χ4v) is 0.624. The molecule has 0 saturated heterocycles. The first-order valence-corrected chi connectivity index (χ1v) is 3.14. The van der Waals surface area contributed by atoms with Crippen molar-refractivity contribution < 1.29 is 0 Å². The van der Waals surface area contributed by atoms with E-state index in [-0.39, 0.29) is 0 Å². The second kappa shape index (κ2) is 3.55. The van der Waals surface area contributed by atoms with Crippen molar-refractivity contribution in [3.05, 3.63) is 12.3 Å². The molecule has 10 heavy (non-hydrogen) atoms. The van der Waals surface area contributed by atoms with Gasteiger partial charge in [-0.15, -0.1) is 0 Å². The van der Waals surface area contributed by atoms with Crippen molar-refractivity contribution in [2.45, 2.75) is 5.79 Å². The quantitative estimate of drug-likeness (QED) is 0.373. The highest BCUT2D eigenvalue weighted by molar-refractivity contribution is 5.08. The molecule has 0 atom stereocenters. The van der Waals surface area contributed by atoms with E-state index >= 15 is 0 Å². The first kappa shape index (κ1) is 9.42. The summed E-state index contributed by atoms with van der Waals surface area (Å²) in [7, 11) is 5.30. The van der Waals surface area contributed by atoms with Crippen LogP contribution in [0.25, 0.3) is 0 Å². The number of nitrogens with two attached hydrogens (primary N) is 1. The Morgan fingerprint density at radius 1 is 1.30 bits per heavy atom. The summed E-state index contributed by atoms with van der Waals surface area (Å²) in [6.07, 6.45) is 0. The zero-order chi connectivity index (χ0) is 8.20. The van der Waals surface area contributed by atoms with Crippen LogP contribution >= 0.6 is 0 Å². The Bertz CT molecular complexity index is 117. The predicted molar refractivity (Wildman–Crippen MR) is 43.2 cm³/mol. The lowest BCUT2D eigenvalue weighted by molar-refractivity contribution is 0.351. The van der Waals surface area contributed by atoms with Crippen LogP contribution in [0.4, 0.5) is 0 Å². The zero-order valence-electron chi connectivity index (χ0n) is 6.78. The van der Waals surface area contributed by atoms with Gasteiger partial charge in [-0.1, -0.05) is 6.58 Å². The molecule has 0 fully saturated rings. The van der Waals surface area contributed by atoms with E-state index in [2.05, 4.69) is 22.5 Å². The van der Waals surface area contributed by atoms with E-state index < -0.39 is 5.79 Å². The maximum atomic E-state index is 5.77.